The molecule has 0 spiro atoms. The van der Waals surface area contributed by atoms with E-state index < -0.39 is 0 Å². The van der Waals surface area contributed by atoms with Gasteiger partial charge >= 0.3 is 5.69 Å². The van der Waals surface area contributed by atoms with Gasteiger partial charge in [-0.15, -0.1) is 0 Å². The summed E-state index contributed by atoms with van der Waals surface area (Å²) in [6.45, 7) is 1.90. The molecule has 9 nitrogen and oxygen atoms in total. The van der Waals surface area contributed by atoms with E-state index in [4.69, 9.17) is 18.7 Å². The zero-order chi connectivity index (χ0) is 23.6. The van der Waals surface area contributed by atoms with Crippen LogP contribution in [0, 0.1) is 0 Å². The van der Waals surface area contributed by atoms with Crippen molar-refractivity contribution in [3.63, 3.8) is 0 Å². The maximum atomic E-state index is 12.6. The van der Waals surface area contributed by atoms with Crippen LogP contribution in [0.3, 0.4) is 0 Å². The first-order valence-electron chi connectivity index (χ1n) is 11.7. The molecule has 9 heteroatoms. The summed E-state index contributed by atoms with van der Waals surface area (Å²) < 4.78 is 24.4. The van der Waals surface area contributed by atoms with Crippen LogP contribution in [0.4, 0.5) is 0 Å². The Kier molecular flexibility index (Phi) is 5.75. The summed E-state index contributed by atoms with van der Waals surface area (Å²) in [5.41, 5.74) is 3.42. The number of ether oxygens (including phenoxy) is 3. The van der Waals surface area contributed by atoms with Crippen LogP contribution in [0.5, 0.6) is 11.6 Å². The maximum absolute atomic E-state index is 12.6. The third kappa shape index (κ3) is 4.54. The monoisotopic (exact) mass is 472 g/mol. The molecule has 0 bridgehead atoms. The molecule has 6 rings (SSSR count). The minimum absolute atomic E-state index is 0.0607. The second kappa shape index (κ2) is 9.34. The quantitative estimate of drug-likeness (QED) is 0.402. The summed E-state index contributed by atoms with van der Waals surface area (Å²) >= 11 is 0. The number of benzene rings is 2. The summed E-state index contributed by atoms with van der Waals surface area (Å²) in [5, 5.41) is 4.01. The summed E-state index contributed by atoms with van der Waals surface area (Å²) in [5.74, 6) is 1.96. The number of rotatable bonds is 7. The van der Waals surface area contributed by atoms with E-state index in [1.165, 1.54) is 0 Å². The van der Waals surface area contributed by atoms with Gasteiger partial charge in [0, 0.05) is 30.3 Å². The third-order valence-corrected chi connectivity index (χ3v) is 6.24. The zero-order valence-electron chi connectivity index (χ0n) is 19.1. The number of hydrogen-bond donors (Lipinski definition) is 0. The van der Waals surface area contributed by atoms with Crippen molar-refractivity contribution in [3.05, 3.63) is 76.5 Å². The van der Waals surface area contributed by atoms with Crippen molar-refractivity contribution in [1.82, 2.24) is 19.7 Å². The van der Waals surface area contributed by atoms with E-state index in [1.54, 1.807) is 4.57 Å². The zero-order valence-corrected chi connectivity index (χ0v) is 19.1. The molecule has 2 aromatic carbocycles. The Hall–Kier alpha value is -3.98. The van der Waals surface area contributed by atoms with Gasteiger partial charge in [0.2, 0.25) is 11.7 Å². The maximum Gasteiger partial charge on any atom is 0.351 e. The van der Waals surface area contributed by atoms with Gasteiger partial charge < -0.3 is 18.7 Å². The van der Waals surface area contributed by atoms with Gasteiger partial charge in [-0.05, 0) is 55.2 Å². The van der Waals surface area contributed by atoms with Crippen molar-refractivity contribution in [2.24, 2.45) is 0 Å². The Morgan fingerprint density at radius 2 is 1.97 bits per heavy atom. The molecular formula is C26H24N4O5. The molecular weight excluding hydrogens is 448 g/mol. The van der Waals surface area contributed by atoms with Gasteiger partial charge in [0.05, 0.1) is 11.8 Å². The fourth-order valence-corrected chi connectivity index (χ4v) is 4.46. The van der Waals surface area contributed by atoms with Crippen LogP contribution in [0.2, 0.25) is 0 Å². The standard InChI is InChI=1S/C26H24N4O5/c31-26-28-24(34-15-20-7-4-12-32-20)14-22-21-9-8-19(13-18(21)10-11-30(22)26)33-16-23-27-25(35-29-23)17-5-2-1-3-6-17/h1-3,5-6,8-9,13-14,20H,4,7,10-12,15-16H2. The smallest absolute Gasteiger partial charge is 0.351 e. The third-order valence-electron chi connectivity index (χ3n) is 6.24. The van der Waals surface area contributed by atoms with Gasteiger partial charge in [-0.25, -0.2) is 4.79 Å². The highest BCUT2D eigenvalue weighted by Gasteiger charge is 2.21. The lowest BCUT2D eigenvalue weighted by molar-refractivity contribution is 0.0661. The van der Waals surface area contributed by atoms with Crippen LogP contribution < -0.4 is 15.2 Å². The second-order valence-electron chi connectivity index (χ2n) is 8.60. The predicted molar refractivity (Wildman–Crippen MR) is 126 cm³/mol. The van der Waals surface area contributed by atoms with Gasteiger partial charge in [-0.2, -0.15) is 9.97 Å². The van der Waals surface area contributed by atoms with E-state index in [0.717, 1.165) is 41.8 Å². The van der Waals surface area contributed by atoms with Crippen molar-refractivity contribution >= 4 is 0 Å². The highest BCUT2D eigenvalue weighted by Crippen LogP contribution is 2.32. The molecule has 2 aliphatic heterocycles. The summed E-state index contributed by atoms with van der Waals surface area (Å²) in [6, 6.07) is 17.3. The molecule has 4 heterocycles. The Bertz CT molecular complexity index is 1390. The summed E-state index contributed by atoms with van der Waals surface area (Å²) in [4.78, 5) is 21.1. The Labute approximate surface area is 201 Å². The molecule has 35 heavy (non-hydrogen) atoms. The van der Waals surface area contributed by atoms with Crippen molar-refractivity contribution in [1.29, 1.82) is 0 Å². The lowest BCUT2D eigenvalue weighted by Crippen LogP contribution is -2.29. The fourth-order valence-electron chi connectivity index (χ4n) is 4.46. The Morgan fingerprint density at radius 1 is 1.06 bits per heavy atom. The Morgan fingerprint density at radius 3 is 2.83 bits per heavy atom. The van der Waals surface area contributed by atoms with Gasteiger partial charge in [0.25, 0.3) is 5.89 Å². The SMILES string of the molecule is O=c1nc(OCC2CCCO2)cc2n1CCc1cc(OCc3noc(-c4ccccc4)n3)ccc1-2. The van der Waals surface area contributed by atoms with Crippen molar-refractivity contribution < 1.29 is 18.7 Å². The molecule has 0 radical (unpaired) electrons. The number of fused-ring (bicyclic) bond motifs is 3. The largest absolute Gasteiger partial charge is 0.485 e. The van der Waals surface area contributed by atoms with Crippen molar-refractivity contribution in [2.75, 3.05) is 13.2 Å². The van der Waals surface area contributed by atoms with E-state index in [1.807, 2.05) is 54.6 Å². The second-order valence-corrected chi connectivity index (χ2v) is 8.60. The van der Waals surface area contributed by atoms with Crippen LogP contribution in [0.25, 0.3) is 22.7 Å². The van der Waals surface area contributed by atoms with E-state index in [2.05, 4.69) is 15.1 Å². The molecule has 0 saturated carbocycles. The van der Waals surface area contributed by atoms with Gasteiger partial charge in [0.15, 0.2) is 6.61 Å². The summed E-state index contributed by atoms with van der Waals surface area (Å²) in [7, 11) is 0. The average molecular weight is 473 g/mol. The number of hydrogen-bond acceptors (Lipinski definition) is 8. The molecule has 4 aromatic rings. The molecule has 1 atom stereocenters. The lowest BCUT2D eigenvalue weighted by atomic mass is 9.97. The minimum atomic E-state index is -0.304. The van der Waals surface area contributed by atoms with E-state index in [0.29, 0.717) is 42.9 Å². The number of aryl methyl sites for hydroxylation is 1. The average Bonchev–Trinajstić information content (AvgIpc) is 3.59. The molecule has 0 aliphatic carbocycles. The normalized spacial score (nSPS) is 16.5. The van der Waals surface area contributed by atoms with Crippen LogP contribution in [0.1, 0.15) is 24.2 Å². The predicted octanol–water partition coefficient (Wildman–Crippen LogP) is 3.65. The van der Waals surface area contributed by atoms with Gasteiger partial charge in [-0.1, -0.05) is 23.4 Å². The molecule has 0 N–H and O–H groups in total. The van der Waals surface area contributed by atoms with Gasteiger partial charge in [0.1, 0.15) is 12.4 Å². The van der Waals surface area contributed by atoms with Crippen molar-refractivity contribution in [3.8, 4) is 34.3 Å². The van der Waals surface area contributed by atoms with Crippen molar-refractivity contribution in [2.45, 2.75) is 38.5 Å². The highest BCUT2D eigenvalue weighted by atomic mass is 16.5. The first kappa shape index (κ1) is 21.5. The topological polar surface area (TPSA) is 102 Å². The summed E-state index contributed by atoms with van der Waals surface area (Å²) in [6.07, 6.45) is 2.77. The molecule has 1 fully saturated rings. The molecule has 1 saturated heterocycles. The fraction of sp³-hybridized carbons (Fsp3) is 0.308. The van der Waals surface area contributed by atoms with E-state index in [9.17, 15) is 4.79 Å². The molecule has 1 unspecified atom stereocenters. The number of nitrogens with zero attached hydrogens (tertiary/aromatic N) is 4. The van der Waals surface area contributed by atoms with Crippen LogP contribution >= 0.6 is 0 Å². The van der Waals surface area contributed by atoms with E-state index >= 15 is 0 Å². The van der Waals surface area contributed by atoms with E-state index in [-0.39, 0.29) is 18.4 Å². The minimum Gasteiger partial charge on any atom is -0.485 e. The first-order valence-corrected chi connectivity index (χ1v) is 11.7. The number of aromatic nitrogens is 4. The molecule has 2 aliphatic rings. The van der Waals surface area contributed by atoms with Crippen LogP contribution in [0.15, 0.2) is 63.9 Å². The van der Waals surface area contributed by atoms with Gasteiger partial charge in [-0.3, -0.25) is 4.57 Å². The molecule has 0 amide bonds. The Balaban J connectivity index is 1.17. The van der Waals surface area contributed by atoms with Crippen LogP contribution in [-0.4, -0.2) is 39.0 Å². The molecule has 2 aromatic heterocycles. The molecule has 178 valence electrons. The first-order chi connectivity index (χ1) is 17.2. The lowest BCUT2D eigenvalue weighted by Gasteiger charge is -2.22. The van der Waals surface area contributed by atoms with Crippen LogP contribution in [-0.2, 0) is 24.3 Å². The highest BCUT2D eigenvalue weighted by molar-refractivity contribution is 5.67.